The molecule has 0 aromatic heterocycles. The molecule has 2 aromatic rings. The first-order valence-electron chi connectivity index (χ1n) is 5.55. The molecule has 0 spiro atoms. The molecule has 2 aromatic carbocycles. The van der Waals surface area contributed by atoms with Crippen LogP contribution in [-0.4, -0.2) is 5.84 Å². The average molecular weight is 323 g/mol. The molecule has 0 saturated heterocycles. The van der Waals surface area contributed by atoms with Crippen LogP contribution in [0.1, 0.15) is 11.1 Å². The minimum atomic E-state index is -0.419. The van der Waals surface area contributed by atoms with E-state index in [2.05, 4.69) is 15.9 Å². The van der Waals surface area contributed by atoms with Crippen molar-refractivity contribution in [2.45, 2.75) is 6.92 Å². The van der Waals surface area contributed by atoms with Crippen LogP contribution in [0, 0.1) is 18.2 Å². The molecule has 3 nitrogen and oxygen atoms in total. The number of halogens is 2. The van der Waals surface area contributed by atoms with Crippen LogP contribution >= 0.6 is 15.9 Å². The third-order valence-corrected chi connectivity index (χ3v) is 3.20. The summed E-state index contributed by atoms with van der Waals surface area (Å²) in [5.74, 6) is 0.182. The maximum atomic E-state index is 13.6. The number of rotatable bonds is 3. The second-order valence-corrected chi connectivity index (χ2v) is 4.95. The number of nitrogens with two attached hydrogens (primary N) is 1. The maximum Gasteiger partial charge on any atom is 0.165 e. The van der Waals surface area contributed by atoms with Gasteiger partial charge < -0.3 is 10.5 Å². The molecule has 0 aliphatic carbocycles. The Morgan fingerprint density at radius 3 is 2.63 bits per heavy atom. The van der Waals surface area contributed by atoms with E-state index in [1.165, 1.54) is 6.07 Å². The molecule has 0 radical (unpaired) electrons. The third-order valence-electron chi connectivity index (χ3n) is 2.55. The van der Waals surface area contributed by atoms with Crippen LogP contribution in [0.4, 0.5) is 4.39 Å². The summed E-state index contributed by atoms with van der Waals surface area (Å²) < 4.78 is 19.7. The van der Waals surface area contributed by atoms with E-state index < -0.39 is 5.82 Å². The van der Waals surface area contributed by atoms with Gasteiger partial charge in [-0.2, -0.15) is 0 Å². The molecule has 2 rings (SSSR count). The van der Waals surface area contributed by atoms with Gasteiger partial charge in [0.05, 0.1) is 0 Å². The minimum Gasteiger partial charge on any atom is -0.454 e. The van der Waals surface area contributed by atoms with Gasteiger partial charge in [-0.1, -0.05) is 6.07 Å². The van der Waals surface area contributed by atoms with Crippen molar-refractivity contribution in [3.05, 3.63) is 57.8 Å². The number of nitrogen functional groups attached to an aromatic ring is 1. The van der Waals surface area contributed by atoms with Gasteiger partial charge in [0.25, 0.3) is 0 Å². The lowest BCUT2D eigenvalue weighted by molar-refractivity contribution is 0.441. The van der Waals surface area contributed by atoms with E-state index in [0.717, 1.165) is 5.56 Å². The van der Waals surface area contributed by atoms with E-state index in [-0.39, 0.29) is 11.6 Å². The van der Waals surface area contributed by atoms with Crippen molar-refractivity contribution in [1.29, 1.82) is 5.41 Å². The zero-order chi connectivity index (χ0) is 14.0. The van der Waals surface area contributed by atoms with Gasteiger partial charge in [-0.15, -0.1) is 0 Å². The number of hydrogen-bond donors (Lipinski definition) is 2. The van der Waals surface area contributed by atoms with Crippen LogP contribution in [0.3, 0.4) is 0 Å². The van der Waals surface area contributed by atoms with Gasteiger partial charge in [0.2, 0.25) is 0 Å². The van der Waals surface area contributed by atoms with E-state index in [1.807, 2.05) is 6.92 Å². The Bertz CT molecular complexity index is 643. The van der Waals surface area contributed by atoms with E-state index in [0.29, 0.717) is 15.8 Å². The first-order valence-corrected chi connectivity index (χ1v) is 6.34. The number of aryl methyl sites for hydroxylation is 1. The third kappa shape index (κ3) is 3.12. The van der Waals surface area contributed by atoms with Gasteiger partial charge in [-0.25, -0.2) is 4.39 Å². The van der Waals surface area contributed by atoms with Crippen molar-refractivity contribution < 1.29 is 9.13 Å². The highest BCUT2D eigenvalue weighted by Crippen LogP contribution is 2.29. The first kappa shape index (κ1) is 13.5. The lowest BCUT2D eigenvalue weighted by Gasteiger charge is -2.09. The Morgan fingerprint density at radius 2 is 2.00 bits per heavy atom. The minimum absolute atomic E-state index is 0.0415. The number of amidine groups is 1. The summed E-state index contributed by atoms with van der Waals surface area (Å²) in [4.78, 5) is 0. The number of benzene rings is 2. The SMILES string of the molecule is Cc1ccc(F)c(Oc2ccc(C(=N)N)c(Br)c2)c1. The van der Waals surface area contributed by atoms with Crippen LogP contribution in [0.25, 0.3) is 0 Å². The number of nitrogens with one attached hydrogen (secondary N) is 1. The van der Waals surface area contributed by atoms with Gasteiger partial charge in [0.1, 0.15) is 11.6 Å². The molecule has 5 heteroatoms. The molecule has 0 fully saturated rings. The van der Waals surface area contributed by atoms with Gasteiger partial charge in [-0.05, 0) is 58.7 Å². The van der Waals surface area contributed by atoms with Crippen molar-refractivity contribution in [2.24, 2.45) is 5.73 Å². The highest BCUT2D eigenvalue weighted by molar-refractivity contribution is 9.10. The monoisotopic (exact) mass is 322 g/mol. The topological polar surface area (TPSA) is 59.1 Å². The van der Waals surface area contributed by atoms with Gasteiger partial charge >= 0.3 is 0 Å². The van der Waals surface area contributed by atoms with E-state index >= 15 is 0 Å². The molecule has 0 atom stereocenters. The Kier molecular flexibility index (Phi) is 3.85. The fourth-order valence-electron chi connectivity index (χ4n) is 1.59. The Hall–Kier alpha value is -1.88. The Morgan fingerprint density at radius 1 is 1.26 bits per heavy atom. The Labute approximate surface area is 118 Å². The molecule has 98 valence electrons. The predicted octanol–water partition coefficient (Wildman–Crippen LogP) is 3.97. The Balaban J connectivity index is 2.31. The molecule has 0 heterocycles. The van der Waals surface area contributed by atoms with Crippen molar-refractivity contribution >= 4 is 21.8 Å². The van der Waals surface area contributed by atoms with Crippen molar-refractivity contribution in [3.63, 3.8) is 0 Å². The normalized spacial score (nSPS) is 10.3. The largest absolute Gasteiger partial charge is 0.454 e. The maximum absolute atomic E-state index is 13.6. The van der Waals surface area contributed by atoms with Crippen LogP contribution in [-0.2, 0) is 0 Å². The fraction of sp³-hybridized carbons (Fsp3) is 0.0714. The summed E-state index contributed by atoms with van der Waals surface area (Å²) in [6.07, 6.45) is 0. The lowest BCUT2D eigenvalue weighted by Crippen LogP contribution is -2.11. The first-order chi connectivity index (χ1) is 8.97. The molecular formula is C14H12BrFN2O. The summed E-state index contributed by atoms with van der Waals surface area (Å²) in [7, 11) is 0. The summed E-state index contributed by atoms with van der Waals surface area (Å²) in [6.45, 7) is 1.86. The summed E-state index contributed by atoms with van der Waals surface area (Å²) in [5, 5.41) is 7.38. The fourth-order valence-corrected chi connectivity index (χ4v) is 2.16. The van der Waals surface area contributed by atoms with E-state index in [1.54, 1.807) is 30.3 Å². The highest BCUT2D eigenvalue weighted by atomic mass is 79.9. The van der Waals surface area contributed by atoms with Crippen LogP contribution in [0.5, 0.6) is 11.5 Å². The molecule has 0 bridgehead atoms. The van der Waals surface area contributed by atoms with Crippen LogP contribution in [0.15, 0.2) is 40.9 Å². The standard InChI is InChI=1S/C14H12BrFN2O/c1-8-2-5-12(16)13(6-8)19-9-3-4-10(14(17)18)11(15)7-9/h2-7H,1H3,(H3,17,18). The lowest BCUT2D eigenvalue weighted by atomic mass is 10.2. The molecule has 19 heavy (non-hydrogen) atoms. The van der Waals surface area contributed by atoms with Crippen molar-refractivity contribution in [2.75, 3.05) is 0 Å². The van der Waals surface area contributed by atoms with E-state index in [4.69, 9.17) is 15.9 Å². The second kappa shape index (κ2) is 5.40. The molecule has 0 aliphatic heterocycles. The van der Waals surface area contributed by atoms with Gasteiger partial charge in [0, 0.05) is 10.0 Å². The molecule has 0 unspecified atom stereocenters. The average Bonchev–Trinajstić information content (AvgIpc) is 2.33. The highest BCUT2D eigenvalue weighted by Gasteiger charge is 2.08. The molecule has 3 N–H and O–H groups in total. The zero-order valence-electron chi connectivity index (χ0n) is 10.2. The zero-order valence-corrected chi connectivity index (χ0v) is 11.8. The molecular weight excluding hydrogens is 311 g/mol. The summed E-state index contributed by atoms with van der Waals surface area (Å²) in [6, 6.07) is 9.61. The number of hydrogen-bond acceptors (Lipinski definition) is 2. The van der Waals surface area contributed by atoms with Crippen molar-refractivity contribution in [1.82, 2.24) is 0 Å². The molecule has 0 saturated carbocycles. The second-order valence-electron chi connectivity index (χ2n) is 4.09. The van der Waals surface area contributed by atoms with Crippen LogP contribution in [0.2, 0.25) is 0 Å². The van der Waals surface area contributed by atoms with Crippen LogP contribution < -0.4 is 10.5 Å². The number of ether oxygens (including phenoxy) is 1. The molecule has 0 amide bonds. The predicted molar refractivity (Wildman–Crippen MR) is 76.4 cm³/mol. The summed E-state index contributed by atoms with van der Waals surface area (Å²) in [5.41, 5.74) is 6.89. The van der Waals surface area contributed by atoms with Gasteiger partial charge in [-0.3, -0.25) is 5.41 Å². The van der Waals surface area contributed by atoms with Gasteiger partial charge in [0.15, 0.2) is 11.6 Å². The smallest absolute Gasteiger partial charge is 0.165 e. The quantitative estimate of drug-likeness (QED) is 0.663. The van der Waals surface area contributed by atoms with Crippen molar-refractivity contribution in [3.8, 4) is 11.5 Å². The summed E-state index contributed by atoms with van der Waals surface area (Å²) >= 11 is 3.30. The molecule has 0 aliphatic rings. The van der Waals surface area contributed by atoms with E-state index in [9.17, 15) is 4.39 Å².